The van der Waals surface area contributed by atoms with Gasteiger partial charge in [-0.1, -0.05) is 6.07 Å². The second-order valence-corrected chi connectivity index (χ2v) is 4.86. The van der Waals surface area contributed by atoms with Gasteiger partial charge >= 0.3 is 0 Å². The Kier molecular flexibility index (Phi) is 4.12. The van der Waals surface area contributed by atoms with Crippen LogP contribution in [0.4, 0.5) is 11.5 Å². The molecule has 0 aliphatic carbocycles. The number of nitrogens with two attached hydrogens (primary N) is 1. The van der Waals surface area contributed by atoms with Crippen molar-refractivity contribution in [2.75, 3.05) is 36.9 Å². The fraction of sp³-hybridized carbons (Fsp3) is 0.250. The van der Waals surface area contributed by atoms with Gasteiger partial charge in [0.2, 0.25) is 0 Å². The fourth-order valence-corrected chi connectivity index (χ4v) is 2.29. The first-order valence-electron chi connectivity index (χ1n) is 7.01. The monoisotopic (exact) mass is 282 g/mol. The van der Waals surface area contributed by atoms with Gasteiger partial charge in [-0.15, -0.1) is 0 Å². The summed E-state index contributed by atoms with van der Waals surface area (Å²) in [6.45, 7) is 3.27. The zero-order valence-electron chi connectivity index (χ0n) is 11.8. The van der Waals surface area contributed by atoms with Gasteiger partial charge in [0.1, 0.15) is 5.82 Å². The van der Waals surface area contributed by atoms with E-state index in [-0.39, 0.29) is 0 Å². The van der Waals surface area contributed by atoms with E-state index >= 15 is 0 Å². The minimum Gasteiger partial charge on any atom is -0.384 e. The number of morpholine rings is 1. The lowest BCUT2D eigenvalue weighted by Crippen LogP contribution is -2.36. The molecule has 2 aromatic rings. The summed E-state index contributed by atoms with van der Waals surface area (Å²) >= 11 is 0. The zero-order valence-corrected chi connectivity index (χ0v) is 11.8. The van der Waals surface area contributed by atoms with E-state index in [0.717, 1.165) is 43.4 Å². The van der Waals surface area contributed by atoms with E-state index in [4.69, 9.17) is 10.5 Å². The zero-order chi connectivity index (χ0) is 14.5. The molecule has 1 aliphatic heterocycles. The Bertz CT molecular complexity index is 621. The third-order valence-corrected chi connectivity index (χ3v) is 3.34. The molecular formula is C16H18N4O. The van der Waals surface area contributed by atoms with E-state index in [0.29, 0.717) is 5.82 Å². The summed E-state index contributed by atoms with van der Waals surface area (Å²) in [7, 11) is 0. The number of hydrogen-bond donors (Lipinski definition) is 1. The molecule has 3 heterocycles. The molecule has 0 bridgehead atoms. The lowest BCUT2D eigenvalue weighted by Gasteiger charge is -2.29. The molecule has 0 saturated carbocycles. The molecule has 0 atom stereocenters. The Labute approximate surface area is 124 Å². The fourth-order valence-electron chi connectivity index (χ4n) is 2.29. The van der Waals surface area contributed by atoms with Crippen molar-refractivity contribution in [2.24, 2.45) is 0 Å². The summed E-state index contributed by atoms with van der Waals surface area (Å²) in [5.74, 6) is 0.527. The third kappa shape index (κ3) is 3.58. The van der Waals surface area contributed by atoms with Crippen molar-refractivity contribution >= 4 is 23.7 Å². The molecule has 0 spiro atoms. The van der Waals surface area contributed by atoms with E-state index < -0.39 is 0 Å². The lowest BCUT2D eigenvalue weighted by molar-refractivity contribution is 0.122. The highest BCUT2D eigenvalue weighted by atomic mass is 16.5. The highest BCUT2D eigenvalue weighted by molar-refractivity contribution is 5.69. The summed E-state index contributed by atoms with van der Waals surface area (Å²) in [6.07, 6.45) is 5.64. The highest BCUT2D eigenvalue weighted by Gasteiger charge is 2.12. The Hall–Kier alpha value is -2.40. The topological polar surface area (TPSA) is 64.3 Å². The second kappa shape index (κ2) is 6.37. The van der Waals surface area contributed by atoms with Crippen molar-refractivity contribution in [3.63, 3.8) is 0 Å². The summed E-state index contributed by atoms with van der Waals surface area (Å²) in [5, 5.41) is 0. The van der Waals surface area contributed by atoms with Crippen molar-refractivity contribution in [3.05, 3.63) is 47.9 Å². The van der Waals surface area contributed by atoms with Crippen LogP contribution < -0.4 is 10.6 Å². The highest BCUT2D eigenvalue weighted by Crippen LogP contribution is 2.20. The van der Waals surface area contributed by atoms with Crippen LogP contribution in [0.3, 0.4) is 0 Å². The largest absolute Gasteiger partial charge is 0.384 e. The van der Waals surface area contributed by atoms with Gasteiger partial charge < -0.3 is 15.4 Å². The molecule has 5 heteroatoms. The van der Waals surface area contributed by atoms with Crippen LogP contribution in [0, 0.1) is 0 Å². The smallest absolute Gasteiger partial charge is 0.126 e. The number of ether oxygens (including phenoxy) is 1. The lowest BCUT2D eigenvalue weighted by atomic mass is 10.2. The van der Waals surface area contributed by atoms with Crippen molar-refractivity contribution in [1.29, 1.82) is 0 Å². The normalized spacial score (nSPS) is 15.5. The van der Waals surface area contributed by atoms with Gasteiger partial charge in [0, 0.05) is 31.0 Å². The maximum Gasteiger partial charge on any atom is 0.126 e. The van der Waals surface area contributed by atoms with E-state index in [1.54, 1.807) is 6.20 Å². The standard InChI is InChI=1S/C16H18N4O/c17-16-12-15(20-7-9-21-10-8-20)11-14(19-16)5-4-13-3-1-2-6-18-13/h1-6,11-12H,7-10H2,(H2,17,19)/b5-4+. The quantitative estimate of drug-likeness (QED) is 0.933. The number of rotatable bonds is 3. The summed E-state index contributed by atoms with van der Waals surface area (Å²) in [4.78, 5) is 10.9. The van der Waals surface area contributed by atoms with Crippen molar-refractivity contribution in [3.8, 4) is 0 Å². The SMILES string of the molecule is Nc1cc(N2CCOCC2)cc(/C=C/c2ccccn2)n1. The van der Waals surface area contributed by atoms with E-state index in [1.807, 2.05) is 42.5 Å². The third-order valence-electron chi connectivity index (χ3n) is 3.34. The first-order chi connectivity index (χ1) is 10.3. The summed E-state index contributed by atoms with van der Waals surface area (Å²) in [6, 6.07) is 9.75. The molecule has 5 nitrogen and oxygen atoms in total. The molecular weight excluding hydrogens is 264 g/mol. The molecule has 1 saturated heterocycles. The van der Waals surface area contributed by atoms with E-state index in [1.165, 1.54) is 0 Å². The van der Waals surface area contributed by atoms with Crippen molar-refractivity contribution in [1.82, 2.24) is 9.97 Å². The Balaban J connectivity index is 1.82. The predicted molar refractivity (Wildman–Crippen MR) is 84.8 cm³/mol. The van der Waals surface area contributed by atoms with Crippen molar-refractivity contribution < 1.29 is 4.74 Å². The van der Waals surface area contributed by atoms with Crippen LogP contribution in [0.2, 0.25) is 0 Å². The molecule has 1 fully saturated rings. The molecule has 1 aliphatic rings. The molecule has 0 amide bonds. The first-order valence-corrected chi connectivity index (χ1v) is 7.01. The van der Waals surface area contributed by atoms with Crippen LogP contribution >= 0.6 is 0 Å². The molecule has 21 heavy (non-hydrogen) atoms. The molecule has 3 rings (SSSR count). The van der Waals surface area contributed by atoms with Gasteiger partial charge in [0.05, 0.1) is 24.6 Å². The maximum absolute atomic E-state index is 5.92. The molecule has 2 aromatic heterocycles. The van der Waals surface area contributed by atoms with Gasteiger partial charge in [-0.05, 0) is 30.4 Å². The average Bonchev–Trinajstić information content (AvgIpc) is 2.54. The molecule has 108 valence electrons. The number of hydrogen-bond acceptors (Lipinski definition) is 5. The van der Waals surface area contributed by atoms with Crippen molar-refractivity contribution in [2.45, 2.75) is 0 Å². The van der Waals surface area contributed by atoms with Gasteiger partial charge in [-0.3, -0.25) is 4.98 Å². The maximum atomic E-state index is 5.92. The minimum absolute atomic E-state index is 0.527. The van der Waals surface area contributed by atoms with Gasteiger partial charge in [0.25, 0.3) is 0 Å². The number of aromatic nitrogens is 2. The van der Waals surface area contributed by atoms with Gasteiger partial charge in [-0.25, -0.2) is 4.98 Å². The molecule has 0 unspecified atom stereocenters. The van der Waals surface area contributed by atoms with E-state index in [9.17, 15) is 0 Å². The van der Waals surface area contributed by atoms with Crippen LogP contribution in [0.5, 0.6) is 0 Å². The number of nitrogens with zero attached hydrogens (tertiary/aromatic N) is 3. The molecule has 0 aromatic carbocycles. The Morgan fingerprint density at radius 3 is 2.67 bits per heavy atom. The summed E-state index contributed by atoms with van der Waals surface area (Å²) < 4.78 is 5.38. The van der Waals surface area contributed by atoms with E-state index in [2.05, 4.69) is 14.9 Å². The summed E-state index contributed by atoms with van der Waals surface area (Å²) in [5.41, 5.74) is 8.74. The molecule has 0 radical (unpaired) electrons. The second-order valence-electron chi connectivity index (χ2n) is 4.86. The molecule has 2 N–H and O–H groups in total. The number of pyridine rings is 2. The van der Waals surface area contributed by atoms with Gasteiger partial charge in [-0.2, -0.15) is 0 Å². The average molecular weight is 282 g/mol. The number of anilines is 2. The minimum atomic E-state index is 0.527. The van der Waals surface area contributed by atoms with Gasteiger partial charge in [0.15, 0.2) is 0 Å². The Morgan fingerprint density at radius 2 is 1.90 bits per heavy atom. The predicted octanol–water partition coefficient (Wildman–Crippen LogP) is 2.07. The van der Waals surface area contributed by atoms with Crippen LogP contribution in [0.25, 0.3) is 12.2 Å². The van der Waals surface area contributed by atoms with Crippen LogP contribution in [0.15, 0.2) is 36.5 Å². The van der Waals surface area contributed by atoms with Crippen LogP contribution in [-0.2, 0) is 4.74 Å². The van der Waals surface area contributed by atoms with Crippen LogP contribution in [0.1, 0.15) is 11.4 Å². The first kappa shape index (κ1) is 13.6. The Morgan fingerprint density at radius 1 is 1.10 bits per heavy atom. The van der Waals surface area contributed by atoms with Crippen LogP contribution in [-0.4, -0.2) is 36.3 Å². The number of nitrogen functional groups attached to an aromatic ring is 1.